The molecule has 7 heteroatoms. The fourth-order valence-corrected chi connectivity index (χ4v) is 3.70. The Kier molecular flexibility index (Phi) is 5.96. The van der Waals surface area contributed by atoms with Crippen LogP contribution in [0.25, 0.3) is 5.57 Å². The lowest BCUT2D eigenvalue weighted by Gasteiger charge is -2.16. The lowest BCUT2D eigenvalue weighted by molar-refractivity contribution is -0.120. The molecular weight excluding hydrogens is 426 g/mol. The molecule has 0 atom stereocenters. The fraction of sp³-hybridized carbons (Fsp3) is 0.154. The van der Waals surface area contributed by atoms with E-state index in [-0.39, 0.29) is 17.0 Å². The molecule has 0 fully saturated rings. The van der Waals surface area contributed by atoms with Crippen LogP contribution in [-0.4, -0.2) is 18.4 Å². The third kappa shape index (κ3) is 4.09. The van der Waals surface area contributed by atoms with Gasteiger partial charge in [0.25, 0.3) is 11.8 Å². The molecule has 1 N–H and O–H groups in total. The third-order valence-electron chi connectivity index (χ3n) is 5.55. The molecule has 0 saturated carbocycles. The maximum Gasteiger partial charge on any atom is 0.282 e. The molecule has 168 valence electrons. The van der Waals surface area contributed by atoms with Crippen molar-refractivity contribution in [2.75, 3.05) is 16.8 Å². The Morgan fingerprint density at radius 3 is 2.33 bits per heavy atom. The predicted octanol–water partition coefficient (Wildman–Crippen LogP) is 5.38. The number of nitrogens with zero attached hydrogens (tertiary/aromatic N) is 1. The highest BCUT2D eigenvalue weighted by molar-refractivity contribution is 6.46. The summed E-state index contributed by atoms with van der Waals surface area (Å²) in [5.74, 6) is -2.62. The van der Waals surface area contributed by atoms with Gasteiger partial charge in [-0.1, -0.05) is 24.3 Å². The molecule has 5 nitrogen and oxygen atoms in total. The zero-order valence-electron chi connectivity index (χ0n) is 18.4. The van der Waals surface area contributed by atoms with Crippen LogP contribution in [0.3, 0.4) is 0 Å². The second kappa shape index (κ2) is 8.86. The Morgan fingerprint density at radius 1 is 0.939 bits per heavy atom. The number of nitrogens with one attached hydrogen (secondary N) is 1. The summed E-state index contributed by atoms with van der Waals surface area (Å²) in [7, 11) is 0. The van der Waals surface area contributed by atoms with Crippen molar-refractivity contribution in [1.82, 2.24) is 0 Å². The highest BCUT2D eigenvalue weighted by Crippen LogP contribution is 2.36. The molecule has 0 radical (unpaired) electrons. The van der Waals surface area contributed by atoms with Crippen LogP contribution < -0.4 is 15.0 Å². The first-order chi connectivity index (χ1) is 15.8. The van der Waals surface area contributed by atoms with Crippen LogP contribution in [0, 0.1) is 25.5 Å². The van der Waals surface area contributed by atoms with E-state index in [0.29, 0.717) is 29.7 Å². The van der Waals surface area contributed by atoms with Gasteiger partial charge >= 0.3 is 0 Å². The van der Waals surface area contributed by atoms with Gasteiger partial charge in [0.15, 0.2) is 0 Å². The molecular formula is C26H22F2N2O3. The van der Waals surface area contributed by atoms with E-state index in [1.807, 2.05) is 32.9 Å². The van der Waals surface area contributed by atoms with E-state index in [1.54, 1.807) is 30.3 Å². The first-order valence-corrected chi connectivity index (χ1v) is 10.5. The number of hydrogen-bond acceptors (Lipinski definition) is 4. The van der Waals surface area contributed by atoms with Crippen molar-refractivity contribution in [3.63, 3.8) is 0 Å². The zero-order chi connectivity index (χ0) is 23.7. The lowest BCUT2D eigenvalue weighted by atomic mass is 10.0. The van der Waals surface area contributed by atoms with Crippen LogP contribution in [0.4, 0.5) is 20.2 Å². The van der Waals surface area contributed by atoms with Gasteiger partial charge in [0.2, 0.25) is 0 Å². The quantitative estimate of drug-likeness (QED) is 0.515. The topological polar surface area (TPSA) is 58.6 Å². The zero-order valence-corrected chi connectivity index (χ0v) is 18.4. The number of amides is 2. The predicted molar refractivity (Wildman–Crippen MR) is 123 cm³/mol. The number of halogens is 2. The molecule has 0 aromatic heterocycles. The van der Waals surface area contributed by atoms with Gasteiger partial charge in [0.05, 0.1) is 17.9 Å². The van der Waals surface area contributed by atoms with Gasteiger partial charge in [-0.25, -0.2) is 13.7 Å². The van der Waals surface area contributed by atoms with Gasteiger partial charge < -0.3 is 10.1 Å². The Bertz CT molecular complexity index is 1280. The number of carbonyl (C=O) groups is 2. The second-order valence-corrected chi connectivity index (χ2v) is 7.62. The van der Waals surface area contributed by atoms with Crippen LogP contribution in [0.2, 0.25) is 0 Å². The maximum atomic E-state index is 14.5. The van der Waals surface area contributed by atoms with Crippen molar-refractivity contribution in [1.29, 1.82) is 0 Å². The van der Waals surface area contributed by atoms with E-state index in [2.05, 4.69) is 5.32 Å². The minimum absolute atomic E-state index is 0.0154. The van der Waals surface area contributed by atoms with E-state index in [1.165, 1.54) is 0 Å². The molecule has 1 heterocycles. The molecule has 4 rings (SSSR count). The maximum absolute atomic E-state index is 14.5. The van der Waals surface area contributed by atoms with Gasteiger partial charge in [0, 0.05) is 11.8 Å². The smallest absolute Gasteiger partial charge is 0.282 e. The molecule has 3 aromatic rings. The third-order valence-corrected chi connectivity index (χ3v) is 5.55. The molecule has 3 aromatic carbocycles. The number of rotatable bonds is 6. The largest absolute Gasteiger partial charge is 0.494 e. The normalized spacial score (nSPS) is 13.7. The molecule has 0 unspecified atom stereocenters. The highest BCUT2D eigenvalue weighted by Gasteiger charge is 2.41. The second-order valence-electron chi connectivity index (χ2n) is 7.62. The van der Waals surface area contributed by atoms with Crippen molar-refractivity contribution in [3.8, 4) is 5.75 Å². The first-order valence-electron chi connectivity index (χ1n) is 10.5. The SMILES string of the molecule is CCOc1ccc(C2=C(Nc3cccc(C)c3C)C(=O)N(c3ccc(F)cc3F)C2=O)cc1. The van der Waals surface area contributed by atoms with Crippen molar-refractivity contribution in [2.24, 2.45) is 0 Å². The number of hydrogen-bond donors (Lipinski definition) is 1. The van der Waals surface area contributed by atoms with Gasteiger partial charge in [-0.05, 0) is 67.8 Å². The van der Waals surface area contributed by atoms with Crippen molar-refractivity contribution in [2.45, 2.75) is 20.8 Å². The van der Waals surface area contributed by atoms with E-state index >= 15 is 0 Å². The summed E-state index contributed by atoms with van der Waals surface area (Å²) in [6.07, 6.45) is 0. The first kappa shape index (κ1) is 22.2. The average Bonchev–Trinajstić information content (AvgIpc) is 3.02. The van der Waals surface area contributed by atoms with Crippen molar-refractivity contribution < 1.29 is 23.1 Å². The van der Waals surface area contributed by atoms with Crippen molar-refractivity contribution in [3.05, 3.63) is 94.7 Å². The fourth-order valence-electron chi connectivity index (χ4n) is 3.70. The molecule has 0 aliphatic carbocycles. The Balaban J connectivity index is 1.84. The number of ether oxygens (including phenoxy) is 1. The molecule has 33 heavy (non-hydrogen) atoms. The number of aryl methyl sites for hydroxylation is 1. The summed E-state index contributed by atoms with van der Waals surface area (Å²) in [6, 6.07) is 15.0. The summed E-state index contributed by atoms with van der Waals surface area (Å²) < 4.78 is 33.5. The van der Waals surface area contributed by atoms with Crippen LogP contribution in [0.1, 0.15) is 23.6 Å². The highest BCUT2D eigenvalue weighted by atomic mass is 19.1. The summed E-state index contributed by atoms with van der Waals surface area (Å²) in [5, 5.41) is 3.09. The summed E-state index contributed by atoms with van der Waals surface area (Å²) in [5.41, 5.74) is 2.82. The lowest BCUT2D eigenvalue weighted by Crippen LogP contribution is -2.33. The summed E-state index contributed by atoms with van der Waals surface area (Å²) >= 11 is 0. The molecule has 0 spiro atoms. The number of imide groups is 1. The van der Waals surface area contributed by atoms with Crippen LogP contribution in [0.15, 0.2) is 66.4 Å². The average molecular weight is 448 g/mol. The van der Waals surface area contributed by atoms with Gasteiger partial charge in [-0.3, -0.25) is 9.59 Å². The minimum Gasteiger partial charge on any atom is -0.494 e. The minimum atomic E-state index is -1.00. The molecule has 1 aliphatic rings. The van der Waals surface area contributed by atoms with E-state index in [4.69, 9.17) is 4.74 Å². The number of carbonyl (C=O) groups excluding carboxylic acids is 2. The number of anilines is 2. The van der Waals surface area contributed by atoms with Gasteiger partial charge in [-0.15, -0.1) is 0 Å². The molecule has 2 amide bonds. The monoisotopic (exact) mass is 448 g/mol. The van der Waals surface area contributed by atoms with Gasteiger partial charge in [0.1, 0.15) is 23.1 Å². The van der Waals surface area contributed by atoms with Gasteiger partial charge in [-0.2, -0.15) is 0 Å². The summed E-state index contributed by atoms with van der Waals surface area (Å²) in [4.78, 5) is 27.6. The Labute approximate surface area is 190 Å². The standard InChI is InChI=1S/C26H22F2N2O3/c1-4-33-19-11-8-17(9-12-19)23-24(29-21-7-5-6-15(2)16(21)3)26(32)30(25(23)31)22-13-10-18(27)14-20(22)28/h5-14,29H,4H2,1-3H3. The van der Waals surface area contributed by atoms with E-state index < -0.39 is 23.4 Å². The molecule has 0 bridgehead atoms. The Hall–Kier alpha value is -4.00. The van der Waals surface area contributed by atoms with Crippen molar-refractivity contribution >= 4 is 28.8 Å². The molecule has 1 aliphatic heterocycles. The summed E-state index contributed by atoms with van der Waals surface area (Å²) in [6.45, 7) is 6.17. The Morgan fingerprint density at radius 2 is 1.67 bits per heavy atom. The van der Waals surface area contributed by atoms with E-state index in [9.17, 15) is 18.4 Å². The van der Waals surface area contributed by atoms with Crippen LogP contribution in [0.5, 0.6) is 5.75 Å². The van der Waals surface area contributed by atoms with Crippen LogP contribution in [-0.2, 0) is 9.59 Å². The van der Waals surface area contributed by atoms with Crippen LogP contribution >= 0.6 is 0 Å². The number of benzene rings is 3. The van der Waals surface area contributed by atoms with E-state index in [0.717, 1.165) is 28.2 Å². The molecule has 0 saturated heterocycles.